The van der Waals surface area contributed by atoms with E-state index >= 15 is 0 Å². The molecule has 7 nitrogen and oxygen atoms in total. The summed E-state index contributed by atoms with van der Waals surface area (Å²) in [5.74, 6) is 0.669. The lowest BCUT2D eigenvalue weighted by Crippen LogP contribution is -2.42. The number of urea groups is 1. The molecule has 0 radical (unpaired) electrons. The third-order valence-electron chi connectivity index (χ3n) is 5.99. The van der Waals surface area contributed by atoms with E-state index in [1.165, 1.54) is 12.7 Å². The molecule has 2 aliphatic rings. The van der Waals surface area contributed by atoms with Gasteiger partial charge in [0.05, 0.1) is 24.4 Å². The number of fused-ring (bicyclic) bond motifs is 1. The van der Waals surface area contributed by atoms with E-state index in [1.54, 1.807) is 11.8 Å². The number of rotatable bonds is 6. The highest BCUT2D eigenvalue weighted by Gasteiger charge is 2.38. The van der Waals surface area contributed by atoms with E-state index in [0.717, 1.165) is 47.3 Å². The van der Waals surface area contributed by atoms with E-state index in [1.807, 2.05) is 55.5 Å². The van der Waals surface area contributed by atoms with Crippen LogP contribution < -0.4 is 10.6 Å². The Labute approximate surface area is 204 Å². The van der Waals surface area contributed by atoms with Crippen LogP contribution in [0, 0.1) is 0 Å². The molecule has 0 bridgehead atoms. The average Bonchev–Trinajstić information content (AvgIpc) is 2.88. The van der Waals surface area contributed by atoms with Crippen molar-refractivity contribution in [1.82, 2.24) is 4.90 Å². The number of esters is 1. The first-order valence-corrected chi connectivity index (χ1v) is 12.6. The number of ether oxygens (including phenoxy) is 1. The SMILES string of the molecule is CCC1=C(C(=O)OC)C(c2ccc(NC(=O)Nc3ccc(CC)cc3)cc2)N2CCCSC2=N1. The van der Waals surface area contributed by atoms with E-state index in [-0.39, 0.29) is 18.0 Å². The molecule has 34 heavy (non-hydrogen) atoms. The van der Waals surface area contributed by atoms with Crippen LogP contribution in [0.2, 0.25) is 0 Å². The molecule has 1 saturated heterocycles. The Morgan fingerprint density at radius 3 is 2.26 bits per heavy atom. The lowest BCUT2D eigenvalue weighted by atomic mass is 9.93. The molecular weight excluding hydrogens is 448 g/mol. The van der Waals surface area contributed by atoms with Crippen molar-refractivity contribution in [2.75, 3.05) is 30.0 Å². The van der Waals surface area contributed by atoms with Crippen LogP contribution in [-0.2, 0) is 16.0 Å². The molecule has 0 aromatic heterocycles. The minimum atomic E-state index is -0.351. The van der Waals surface area contributed by atoms with Crippen molar-refractivity contribution in [2.45, 2.75) is 39.2 Å². The van der Waals surface area contributed by atoms with Crippen molar-refractivity contribution >= 4 is 40.3 Å². The molecule has 4 rings (SSSR count). The lowest BCUT2D eigenvalue weighted by Gasteiger charge is -2.40. The smallest absolute Gasteiger partial charge is 0.338 e. The molecule has 178 valence electrons. The number of carbonyl (C=O) groups excluding carboxylic acids is 2. The van der Waals surface area contributed by atoms with Crippen molar-refractivity contribution in [3.05, 3.63) is 70.9 Å². The number of hydrogen-bond acceptors (Lipinski definition) is 6. The van der Waals surface area contributed by atoms with Gasteiger partial charge in [-0.2, -0.15) is 0 Å². The first-order chi connectivity index (χ1) is 16.5. The molecule has 2 N–H and O–H groups in total. The number of nitrogens with zero attached hydrogens (tertiary/aromatic N) is 2. The number of allylic oxidation sites excluding steroid dienone is 1. The third-order valence-corrected chi connectivity index (χ3v) is 7.07. The normalized spacial score (nSPS) is 17.6. The summed E-state index contributed by atoms with van der Waals surface area (Å²) in [5, 5.41) is 6.68. The van der Waals surface area contributed by atoms with Gasteiger partial charge in [-0.25, -0.2) is 14.6 Å². The van der Waals surface area contributed by atoms with Gasteiger partial charge in [-0.15, -0.1) is 0 Å². The van der Waals surface area contributed by atoms with E-state index in [2.05, 4.69) is 22.5 Å². The Bertz CT molecular complexity index is 1110. The second-order valence-electron chi connectivity index (χ2n) is 8.15. The summed E-state index contributed by atoms with van der Waals surface area (Å²) < 4.78 is 5.14. The Morgan fingerprint density at radius 2 is 1.68 bits per heavy atom. The summed E-state index contributed by atoms with van der Waals surface area (Å²) in [7, 11) is 1.41. The van der Waals surface area contributed by atoms with Gasteiger partial charge >= 0.3 is 12.0 Å². The number of nitrogens with one attached hydrogen (secondary N) is 2. The van der Waals surface area contributed by atoms with E-state index < -0.39 is 0 Å². The standard InChI is InChI=1S/C26H30N4O3S/c1-4-17-7-11-19(12-8-17)27-25(32)28-20-13-9-18(10-14-20)23-22(24(31)33-3)21(5-2)29-26-30(23)15-6-16-34-26/h7-14,23H,4-6,15-16H2,1-3H3,(H2,27,28,32). The fourth-order valence-electron chi connectivity index (χ4n) is 4.22. The van der Waals surface area contributed by atoms with E-state index in [9.17, 15) is 9.59 Å². The highest BCUT2D eigenvalue weighted by molar-refractivity contribution is 8.13. The molecule has 2 amide bonds. The summed E-state index contributed by atoms with van der Waals surface area (Å²) in [5.41, 5.74) is 4.95. The van der Waals surface area contributed by atoms with Crippen molar-refractivity contribution in [3.63, 3.8) is 0 Å². The molecule has 2 heterocycles. The minimum Gasteiger partial charge on any atom is -0.466 e. The van der Waals surface area contributed by atoms with Crippen LogP contribution in [0.25, 0.3) is 0 Å². The molecule has 1 unspecified atom stereocenters. The van der Waals surface area contributed by atoms with Crippen molar-refractivity contribution < 1.29 is 14.3 Å². The molecule has 1 atom stereocenters. The molecular formula is C26H30N4O3S. The first kappa shape index (κ1) is 23.9. The molecule has 0 spiro atoms. The molecule has 0 saturated carbocycles. The first-order valence-electron chi connectivity index (χ1n) is 11.6. The lowest BCUT2D eigenvalue weighted by molar-refractivity contribution is -0.136. The number of aryl methyl sites for hydroxylation is 1. The van der Waals surface area contributed by atoms with Crippen molar-refractivity contribution in [2.24, 2.45) is 4.99 Å². The van der Waals surface area contributed by atoms with Crippen LogP contribution in [0.3, 0.4) is 0 Å². The largest absolute Gasteiger partial charge is 0.466 e. The Morgan fingerprint density at radius 1 is 1.03 bits per heavy atom. The second-order valence-corrected chi connectivity index (χ2v) is 9.21. The molecule has 2 aromatic rings. The van der Waals surface area contributed by atoms with Crippen LogP contribution in [-0.4, -0.2) is 41.5 Å². The number of methoxy groups -OCH3 is 1. The Balaban J connectivity index is 1.54. The van der Waals surface area contributed by atoms with E-state index in [4.69, 9.17) is 9.73 Å². The quantitative estimate of drug-likeness (QED) is 0.530. The fourth-order valence-corrected chi connectivity index (χ4v) is 5.22. The molecule has 0 aliphatic carbocycles. The summed E-state index contributed by atoms with van der Waals surface area (Å²) in [6.45, 7) is 4.92. The zero-order chi connectivity index (χ0) is 24.1. The predicted molar refractivity (Wildman–Crippen MR) is 138 cm³/mol. The topological polar surface area (TPSA) is 83.0 Å². The highest BCUT2D eigenvalue weighted by Crippen LogP contribution is 2.40. The molecule has 1 fully saturated rings. The van der Waals surface area contributed by atoms with Gasteiger partial charge in [0, 0.05) is 23.7 Å². The maximum absolute atomic E-state index is 12.8. The van der Waals surface area contributed by atoms with Crippen molar-refractivity contribution in [1.29, 1.82) is 0 Å². The van der Waals surface area contributed by atoms with Gasteiger partial charge in [0.15, 0.2) is 5.17 Å². The molecule has 2 aromatic carbocycles. The second kappa shape index (κ2) is 10.8. The van der Waals surface area contributed by atoms with E-state index in [0.29, 0.717) is 17.7 Å². The number of thioether (sulfide) groups is 1. The third kappa shape index (κ3) is 5.12. The van der Waals surface area contributed by atoms with Gasteiger partial charge in [-0.3, -0.25) is 0 Å². The number of benzene rings is 2. The van der Waals surface area contributed by atoms with Gasteiger partial charge < -0.3 is 20.3 Å². The van der Waals surface area contributed by atoms with Crippen LogP contribution >= 0.6 is 11.8 Å². The minimum absolute atomic E-state index is 0.261. The Hall–Kier alpha value is -3.26. The highest BCUT2D eigenvalue weighted by atomic mass is 32.2. The number of amides is 2. The number of aliphatic imine (C=N–C) groups is 1. The van der Waals surface area contributed by atoms with Crippen molar-refractivity contribution in [3.8, 4) is 0 Å². The number of hydrogen-bond donors (Lipinski definition) is 2. The zero-order valence-corrected chi connectivity index (χ0v) is 20.6. The maximum atomic E-state index is 12.8. The van der Waals surface area contributed by atoms with Gasteiger partial charge in [0.25, 0.3) is 0 Å². The Kier molecular flexibility index (Phi) is 7.57. The van der Waals surface area contributed by atoms with Gasteiger partial charge in [-0.1, -0.05) is 49.9 Å². The van der Waals surface area contributed by atoms with Gasteiger partial charge in [0.1, 0.15) is 0 Å². The molecule has 2 aliphatic heterocycles. The number of carbonyl (C=O) groups is 2. The number of anilines is 2. The van der Waals surface area contributed by atoms with Crippen LogP contribution in [0.4, 0.5) is 16.2 Å². The van der Waals surface area contributed by atoms with Crippen LogP contribution in [0.1, 0.15) is 43.9 Å². The van der Waals surface area contributed by atoms with Crippen LogP contribution in [0.5, 0.6) is 0 Å². The van der Waals surface area contributed by atoms with Gasteiger partial charge in [0.2, 0.25) is 0 Å². The summed E-state index contributed by atoms with van der Waals surface area (Å²) in [6.07, 6.45) is 2.63. The summed E-state index contributed by atoms with van der Waals surface area (Å²) >= 11 is 1.73. The van der Waals surface area contributed by atoms with Crippen LogP contribution in [0.15, 0.2) is 64.8 Å². The molecule has 8 heteroatoms. The number of amidine groups is 1. The van der Waals surface area contributed by atoms with Gasteiger partial charge in [-0.05, 0) is 54.7 Å². The predicted octanol–water partition coefficient (Wildman–Crippen LogP) is 5.58. The average molecular weight is 479 g/mol. The zero-order valence-electron chi connectivity index (χ0n) is 19.8. The monoisotopic (exact) mass is 478 g/mol. The maximum Gasteiger partial charge on any atom is 0.338 e. The summed E-state index contributed by atoms with van der Waals surface area (Å²) in [6, 6.07) is 14.9. The fraction of sp³-hybridized carbons (Fsp3) is 0.346. The summed E-state index contributed by atoms with van der Waals surface area (Å²) in [4.78, 5) is 32.2.